The van der Waals surface area contributed by atoms with Gasteiger partial charge >= 0.3 is 18.9 Å². The Bertz CT molecular complexity index is 764. The Hall–Kier alpha value is -1.66. The van der Waals surface area contributed by atoms with Crippen LogP contribution in [0.15, 0.2) is 72.4 Å². The third-order valence-electron chi connectivity index (χ3n) is 5.84. The van der Waals surface area contributed by atoms with Crippen molar-refractivity contribution in [2.45, 2.75) is 116 Å². The van der Waals surface area contributed by atoms with Crippen molar-refractivity contribution in [3.05, 3.63) is 79.3 Å². The number of aliphatic hydroxyl groups is 1. The van der Waals surface area contributed by atoms with Gasteiger partial charge in [-0.2, -0.15) is 6.42 Å². The molecule has 0 spiro atoms. The van der Waals surface area contributed by atoms with E-state index in [2.05, 4.69) is 70.2 Å². The maximum atomic E-state index is 10.8. The van der Waals surface area contributed by atoms with E-state index in [0.717, 1.165) is 89.9 Å². The molecule has 37 heavy (non-hydrogen) atoms. The molecule has 0 amide bonds. The summed E-state index contributed by atoms with van der Waals surface area (Å²) in [6, 6.07) is 0. The number of hydrogen-bond donors (Lipinski definition) is 1. The summed E-state index contributed by atoms with van der Waals surface area (Å²) >= 11 is 0. The van der Waals surface area contributed by atoms with E-state index in [4.69, 9.17) is 0 Å². The molecule has 0 bridgehead atoms. The second-order valence-electron chi connectivity index (χ2n) is 9.23. The van der Waals surface area contributed by atoms with Crippen molar-refractivity contribution in [1.82, 2.24) is 0 Å². The van der Waals surface area contributed by atoms with E-state index < -0.39 is 5.60 Å². The monoisotopic (exact) mass is 502 g/mol. The van der Waals surface area contributed by atoms with Crippen LogP contribution >= 0.6 is 0 Å². The van der Waals surface area contributed by atoms with Crippen molar-refractivity contribution in [3.63, 3.8) is 0 Å². The summed E-state index contributed by atoms with van der Waals surface area (Å²) in [7, 11) is 0. The summed E-state index contributed by atoms with van der Waals surface area (Å²) < 4.78 is 0. The summed E-state index contributed by atoms with van der Waals surface area (Å²) in [6.07, 6.45) is 35.9. The van der Waals surface area contributed by atoms with E-state index in [1.165, 1.54) is 5.57 Å². The first-order chi connectivity index (χ1) is 17.4. The van der Waals surface area contributed by atoms with E-state index in [1.54, 1.807) is 6.08 Å². The number of carbonyl (C=O) groups is 2. The number of ketones is 2. The maximum absolute atomic E-state index is 10.8. The van der Waals surface area contributed by atoms with E-state index >= 15 is 0 Å². The van der Waals surface area contributed by atoms with Crippen LogP contribution in [-0.4, -0.2) is 22.3 Å². The van der Waals surface area contributed by atoms with Crippen LogP contribution in [0.4, 0.5) is 0 Å². The van der Waals surface area contributed by atoms with Crippen LogP contribution < -0.4 is 18.9 Å². The van der Waals surface area contributed by atoms with Gasteiger partial charge in [0.05, 0.1) is 5.60 Å². The molecule has 1 N–H and O–H groups in total. The Balaban J connectivity index is 0. The number of allylic oxidation sites excluding steroid dienone is 11. The second-order valence-corrected chi connectivity index (χ2v) is 9.23. The molecule has 1 atom stereocenters. The Morgan fingerprint density at radius 2 is 1.49 bits per heavy atom. The van der Waals surface area contributed by atoms with Crippen molar-refractivity contribution >= 4 is 11.6 Å². The number of rotatable bonds is 10. The van der Waals surface area contributed by atoms with Gasteiger partial charge in [-0.25, -0.2) is 0 Å². The molecule has 3 aliphatic carbocycles. The van der Waals surface area contributed by atoms with Gasteiger partial charge < -0.3 is 12.0 Å². The molecule has 1 unspecified atom stereocenters. The van der Waals surface area contributed by atoms with E-state index in [-0.39, 0.29) is 24.6 Å². The first kappa shape index (κ1) is 37.5. The van der Waals surface area contributed by atoms with Crippen molar-refractivity contribution in [1.29, 1.82) is 0 Å². The minimum Gasteiger partial charge on any atom is -0.386 e. The first-order valence-corrected chi connectivity index (χ1v) is 14.0. The van der Waals surface area contributed by atoms with Gasteiger partial charge in [-0.3, -0.25) is 9.59 Å². The quantitative estimate of drug-likeness (QED) is 0.229. The van der Waals surface area contributed by atoms with Crippen LogP contribution in [0.1, 0.15) is 111 Å². The van der Waals surface area contributed by atoms with Gasteiger partial charge in [0.1, 0.15) is 0 Å². The number of hydrogen-bond acceptors (Lipinski definition) is 3. The van der Waals surface area contributed by atoms with Crippen molar-refractivity contribution < 1.29 is 33.6 Å². The molecule has 0 radical (unpaired) electrons. The molecule has 3 rings (SSSR count). The third kappa shape index (κ3) is 23.2. The maximum Gasteiger partial charge on any atom is 1.00 e. The molecule has 0 aromatic heterocycles. The van der Waals surface area contributed by atoms with E-state index in [0.29, 0.717) is 5.78 Å². The topological polar surface area (TPSA) is 54.4 Å². The zero-order valence-electron chi connectivity index (χ0n) is 24.2. The average Bonchev–Trinajstić information content (AvgIpc) is 3.63. The average molecular weight is 503 g/mol. The van der Waals surface area contributed by atoms with Crippen LogP contribution in [0.25, 0.3) is 0 Å². The molecule has 0 heterocycles. The molecule has 0 aliphatic heterocycles. The minimum absolute atomic E-state index is 0. The first-order valence-electron chi connectivity index (χ1n) is 14.0. The molecule has 0 aromatic carbocycles. The van der Waals surface area contributed by atoms with Crippen molar-refractivity contribution in [2.75, 3.05) is 0 Å². The van der Waals surface area contributed by atoms with Gasteiger partial charge in [0.15, 0.2) is 11.6 Å². The molecule has 202 valence electrons. The second kappa shape index (κ2) is 26.0. The van der Waals surface area contributed by atoms with Crippen LogP contribution in [0.3, 0.4) is 0 Å². The van der Waals surface area contributed by atoms with Gasteiger partial charge in [-0.1, -0.05) is 75.0 Å². The van der Waals surface area contributed by atoms with Gasteiger partial charge in [0.25, 0.3) is 0 Å². The third-order valence-corrected chi connectivity index (χ3v) is 5.84. The van der Waals surface area contributed by atoms with Gasteiger partial charge in [-0.05, 0) is 82.8 Å². The Labute approximate surface area is 240 Å². The normalized spacial score (nSPS) is 19.9. The summed E-state index contributed by atoms with van der Waals surface area (Å²) in [5.41, 5.74) is 0.846. The van der Waals surface area contributed by atoms with Crippen LogP contribution in [0.2, 0.25) is 0 Å². The fourth-order valence-corrected chi connectivity index (χ4v) is 3.76. The minimum atomic E-state index is -0.488. The molecule has 3 nitrogen and oxygen atoms in total. The molecule has 3 aliphatic rings. The standard InChI is InChI=1S/C11H18O.C11H16O.C6H11.C5H6O.Li/c1-2-3-4-5-8-11(12)9-6-7-10-11;1-2-3-4-5-6-10-7-8-11(12)9-10;1-3-5-6-4-2;6-5-3-1-2-4-5;/h3-4,6,9,12H,2,5,7-8,10H2,1H3;3-4,9H,2,5-8H2,1H3;5-6H,1,3-4H2,2H3;1,3H,2,4H2;/q;;-1;;+1/b2*4-3-;6-5-;;. The SMILES string of the molecule is CC/C=C\CCC1(O)C=CCC1.CC/C=C\CCC1=CC(=O)CC1.O=C1C=CCC1.[CH2-]C/C=C\CC.[Li+]. The largest absolute Gasteiger partial charge is 1.00 e. The van der Waals surface area contributed by atoms with Crippen molar-refractivity contribution in [2.24, 2.45) is 0 Å². The predicted octanol–water partition coefficient (Wildman–Crippen LogP) is 5.92. The predicted molar refractivity (Wildman–Crippen MR) is 156 cm³/mol. The zero-order chi connectivity index (χ0) is 26.9. The molecule has 0 saturated carbocycles. The van der Waals surface area contributed by atoms with E-state index in [9.17, 15) is 14.7 Å². The van der Waals surface area contributed by atoms with Crippen LogP contribution in [0.5, 0.6) is 0 Å². The summed E-state index contributed by atoms with van der Waals surface area (Å²) in [5.74, 6) is 0.583. The number of carbonyl (C=O) groups excluding carboxylic acids is 2. The molecular formula is C33H51LiO3. The summed E-state index contributed by atoms with van der Waals surface area (Å²) in [4.78, 5) is 21.0. The van der Waals surface area contributed by atoms with E-state index in [1.807, 2.05) is 18.2 Å². The Kier molecular flexibility index (Phi) is 26.3. The molecule has 4 heteroatoms. The fraction of sp³-hybridized carbons (Fsp3) is 0.545. The Morgan fingerprint density at radius 1 is 0.838 bits per heavy atom. The summed E-state index contributed by atoms with van der Waals surface area (Å²) in [6.45, 7) is 10.0. The smallest absolute Gasteiger partial charge is 0.386 e. The van der Waals surface area contributed by atoms with Gasteiger partial charge in [-0.15, -0.1) is 6.08 Å². The fourth-order valence-electron chi connectivity index (χ4n) is 3.76. The molecule has 0 aromatic rings. The van der Waals surface area contributed by atoms with Crippen molar-refractivity contribution in [3.8, 4) is 0 Å². The van der Waals surface area contributed by atoms with Gasteiger partial charge in [0, 0.05) is 12.8 Å². The van der Waals surface area contributed by atoms with Crippen LogP contribution in [0, 0.1) is 6.92 Å². The molecule has 0 saturated heterocycles. The molecular weight excluding hydrogens is 451 g/mol. The van der Waals surface area contributed by atoms with Gasteiger partial charge in [0.2, 0.25) is 0 Å². The zero-order valence-corrected chi connectivity index (χ0v) is 24.2. The molecule has 0 fully saturated rings. The summed E-state index contributed by atoms with van der Waals surface area (Å²) in [5, 5.41) is 9.87. The Morgan fingerprint density at radius 3 is 1.89 bits per heavy atom. The van der Waals surface area contributed by atoms with Crippen LogP contribution in [-0.2, 0) is 9.59 Å².